The van der Waals surface area contributed by atoms with Crippen LogP contribution in [0.2, 0.25) is 0 Å². The van der Waals surface area contributed by atoms with Crippen LogP contribution in [-0.2, 0) is 23.8 Å². The molecule has 1 amide bonds. The molecule has 11 nitrogen and oxygen atoms in total. The summed E-state index contributed by atoms with van der Waals surface area (Å²) in [6.07, 6.45) is 60.5. The third-order valence-corrected chi connectivity index (χ3v) is 14.5. The zero-order valence-corrected chi connectivity index (χ0v) is 49.8. The third kappa shape index (κ3) is 41.8. The Kier molecular flexibility index (Phi) is 50.8. The molecule has 1 saturated heterocycles. The molecule has 0 bridgehead atoms. The normalized spacial score (nSPS) is 19.5. The van der Waals surface area contributed by atoms with E-state index in [0.717, 1.165) is 109 Å². The summed E-state index contributed by atoms with van der Waals surface area (Å²) in [7, 11) is 0. The maximum Gasteiger partial charge on any atom is 0.306 e. The topological polar surface area (TPSA) is 175 Å². The van der Waals surface area contributed by atoms with Crippen molar-refractivity contribution in [1.82, 2.24) is 5.32 Å². The largest absolute Gasteiger partial charge is 0.454 e. The SMILES string of the molecule is CC/C=C/C/C=C/CCCCCCCCCC(=O)OC1C(OCC(NC(=O)C(O)CCCCCCCCCC/C=C\C/C=C\C/C=C\C/C=C\CCCCC)C(O)/C=C/CCCCCCCCCCC)OC(CO)C(O)C1O. The van der Waals surface area contributed by atoms with Crippen molar-refractivity contribution in [1.29, 1.82) is 0 Å². The van der Waals surface area contributed by atoms with Crippen LogP contribution in [0.25, 0.3) is 0 Å². The van der Waals surface area contributed by atoms with Gasteiger partial charge in [0.1, 0.15) is 24.4 Å². The summed E-state index contributed by atoms with van der Waals surface area (Å²) in [5, 5.41) is 57.0. The summed E-state index contributed by atoms with van der Waals surface area (Å²) in [5.74, 6) is -1.21. The molecular formula is C67H117NO10. The predicted octanol–water partition coefficient (Wildman–Crippen LogP) is 15.3. The van der Waals surface area contributed by atoms with Crippen LogP contribution in [0.4, 0.5) is 0 Å². The Balaban J connectivity index is 2.63. The smallest absolute Gasteiger partial charge is 0.306 e. The average Bonchev–Trinajstić information content (AvgIpc) is 3.44. The number of aliphatic hydroxyl groups is 5. The maximum atomic E-state index is 13.4. The van der Waals surface area contributed by atoms with Crippen LogP contribution in [0.5, 0.6) is 0 Å². The van der Waals surface area contributed by atoms with Gasteiger partial charge in [0.05, 0.1) is 25.4 Å². The first-order chi connectivity index (χ1) is 38.2. The quantitative estimate of drug-likeness (QED) is 0.0195. The van der Waals surface area contributed by atoms with Crippen LogP contribution in [-0.4, -0.2) is 99.6 Å². The Hall–Kier alpha value is -3.16. The molecule has 0 spiro atoms. The van der Waals surface area contributed by atoms with Gasteiger partial charge in [0.25, 0.3) is 0 Å². The van der Waals surface area contributed by atoms with Gasteiger partial charge in [0.15, 0.2) is 12.4 Å². The fourth-order valence-electron chi connectivity index (χ4n) is 9.50. The fraction of sp³-hybridized carbons (Fsp3) is 0.761. The van der Waals surface area contributed by atoms with Crippen LogP contribution in [0.3, 0.4) is 0 Å². The average molecular weight is 1100 g/mol. The number of allylic oxidation sites excluding steroid dienone is 13. The highest BCUT2D eigenvalue weighted by molar-refractivity contribution is 5.80. The van der Waals surface area contributed by atoms with Crippen molar-refractivity contribution in [3.05, 3.63) is 85.1 Å². The van der Waals surface area contributed by atoms with Gasteiger partial charge in [0, 0.05) is 6.42 Å². The second kappa shape index (κ2) is 54.4. The minimum Gasteiger partial charge on any atom is -0.454 e. The van der Waals surface area contributed by atoms with Crippen LogP contribution in [0, 0.1) is 0 Å². The van der Waals surface area contributed by atoms with Crippen molar-refractivity contribution in [3.8, 4) is 0 Å². The third-order valence-electron chi connectivity index (χ3n) is 14.5. The van der Waals surface area contributed by atoms with Crippen LogP contribution < -0.4 is 5.32 Å². The predicted molar refractivity (Wildman–Crippen MR) is 324 cm³/mol. The van der Waals surface area contributed by atoms with E-state index in [1.165, 1.54) is 109 Å². The summed E-state index contributed by atoms with van der Waals surface area (Å²) in [5.41, 5.74) is 0. The second-order valence-electron chi connectivity index (χ2n) is 21.8. The number of hydrogen-bond acceptors (Lipinski definition) is 10. The van der Waals surface area contributed by atoms with Gasteiger partial charge in [0.2, 0.25) is 5.91 Å². The number of hydrogen-bond donors (Lipinski definition) is 6. The maximum absolute atomic E-state index is 13.4. The monoisotopic (exact) mass is 1100 g/mol. The zero-order valence-electron chi connectivity index (χ0n) is 49.8. The molecule has 1 aliphatic heterocycles. The minimum atomic E-state index is -1.62. The summed E-state index contributed by atoms with van der Waals surface area (Å²) in [6.45, 7) is 5.64. The molecule has 1 aliphatic rings. The number of ether oxygens (including phenoxy) is 3. The minimum absolute atomic E-state index is 0.111. The first-order valence-electron chi connectivity index (χ1n) is 31.9. The number of esters is 1. The van der Waals surface area contributed by atoms with Crippen LogP contribution >= 0.6 is 0 Å². The molecule has 1 heterocycles. The number of rotatable bonds is 53. The molecule has 450 valence electrons. The fourth-order valence-corrected chi connectivity index (χ4v) is 9.50. The summed E-state index contributed by atoms with van der Waals surface area (Å²) in [6, 6.07) is -1.03. The molecule has 0 saturated carbocycles. The van der Waals surface area contributed by atoms with E-state index in [4.69, 9.17) is 14.2 Å². The molecular weight excluding hydrogens is 979 g/mol. The van der Waals surface area contributed by atoms with Gasteiger partial charge in [-0.15, -0.1) is 0 Å². The Morgan fingerprint density at radius 2 is 0.923 bits per heavy atom. The van der Waals surface area contributed by atoms with Crippen molar-refractivity contribution < 1.29 is 49.3 Å². The molecule has 6 N–H and O–H groups in total. The van der Waals surface area contributed by atoms with E-state index in [-0.39, 0.29) is 19.4 Å². The molecule has 0 aliphatic carbocycles. The molecule has 0 aromatic carbocycles. The number of carbonyl (C=O) groups excluding carboxylic acids is 2. The molecule has 0 aromatic heterocycles. The summed E-state index contributed by atoms with van der Waals surface area (Å²) in [4.78, 5) is 26.5. The van der Waals surface area contributed by atoms with Crippen molar-refractivity contribution in [2.24, 2.45) is 0 Å². The highest BCUT2D eigenvalue weighted by Crippen LogP contribution is 2.26. The molecule has 8 unspecified atom stereocenters. The molecule has 11 heteroatoms. The van der Waals surface area contributed by atoms with Crippen molar-refractivity contribution in [2.75, 3.05) is 13.2 Å². The Labute approximate surface area is 476 Å². The lowest BCUT2D eigenvalue weighted by molar-refractivity contribution is -0.305. The van der Waals surface area contributed by atoms with Gasteiger partial charge in [-0.25, -0.2) is 0 Å². The van der Waals surface area contributed by atoms with Gasteiger partial charge >= 0.3 is 5.97 Å². The lowest BCUT2D eigenvalue weighted by Crippen LogP contribution is -2.61. The Morgan fingerprint density at radius 1 is 0.513 bits per heavy atom. The van der Waals surface area contributed by atoms with Crippen molar-refractivity contribution >= 4 is 11.9 Å². The van der Waals surface area contributed by atoms with E-state index in [9.17, 15) is 35.1 Å². The van der Waals surface area contributed by atoms with E-state index in [0.29, 0.717) is 12.8 Å². The summed E-state index contributed by atoms with van der Waals surface area (Å²) < 4.78 is 17.6. The highest BCUT2D eigenvalue weighted by atomic mass is 16.7. The lowest BCUT2D eigenvalue weighted by Gasteiger charge is -2.41. The first-order valence-corrected chi connectivity index (χ1v) is 31.9. The standard InChI is InChI=1S/C67H117NO10/c1-4-7-10-13-16-19-22-24-26-27-28-29-30-31-32-33-34-35-36-39-42-45-48-51-54-60(71)66(75)68-58(59(70)53-50-47-44-41-38-21-18-15-12-9-6-3)57-76-67-65(64(74)63(73)61(56-69)77-67)78-62(72)55-52-49-46-43-40-37-25-23-20-17-14-11-8-5-2/h8,11,16-17,19-20,24,26,28-29,31-32,50,53,58-61,63-65,67,69-71,73-74H,4-7,9-10,12-15,18,21-23,25,27,30,33-49,51-52,54-57H2,1-3H3,(H,68,75)/b11-8+,19-16-,20-17+,26-24-,29-28-,32-31-,53-50+. The van der Waals surface area contributed by atoms with E-state index < -0.39 is 67.4 Å². The van der Waals surface area contributed by atoms with Crippen molar-refractivity contribution in [3.63, 3.8) is 0 Å². The van der Waals surface area contributed by atoms with E-state index in [1.807, 2.05) is 6.08 Å². The van der Waals surface area contributed by atoms with Gasteiger partial charge in [-0.3, -0.25) is 9.59 Å². The zero-order chi connectivity index (χ0) is 56.8. The van der Waals surface area contributed by atoms with E-state index in [2.05, 4.69) is 99.0 Å². The van der Waals surface area contributed by atoms with Crippen LogP contribution in [0.1, 0.15) is 265 Å². The molecule has 8 atom stereocenters. The molecule has 0 aromatic rings. The van der Waals surface area contributed by atoms with Gasteiger partial charge in [-0.2, -0.15) is 0 Å². The summed E-state index contributed by atoms with van der Waals surface area (Å²) >= 11 is 0. The van der Waals surface area contributed by atoms with Crippen LogP contribution in [0.15, 0.2) is 85.1 Å². The molecule has 0 radical (unpaired) electrons. The van der Waals surface area contributed by atoms with E-state index in [1.54, 1.807) is 6.08 Å². The Morgan fingerprint density at radius 3 is 1.41 bits per heavy atom. The molecule has 78 heavy (non-hydrogen) atoms. The van der Waals surface area contributed by atoms with Crippen molar-refractivity contribution in [2.45, 2.75) is 314 Å². The number of aliphatic hydroxyl groups excluding tert-OH is 5. The Bertz CT molecular complexity index is 1590. The molecule has 1 fully saturated rings. The van der Waals surface area contributed by atoms with Gasteiger partial charge in [-0.1, -0.05) is 247 Å². The number of unbranched alkanes of at least 4 members (excludes halogenated alkanes) is 27. The molecule has 1 rings (SSSR count). The lowest BCUT2D eigenvalue weighted by atomic mass is 9.99. The highest BCUT2D eigenvalue weighted by Gasteiger charge is 2.47. The number of carbonyl (C=O) groups is 2. The first kappa shape index (κ1) is 72.9. The second-order valence-corrected chi connectivity index (χ2v) is 21.8. The number of nitrogens with one attached hydrogen (secondary N) is 1. The van der Waals surface area contributed by atoms with Gasteiger partial charge < -0.3 is 45.1 Å². The van der Waals surface area contributed by atoms with Gasteiger partial charge in [-0.05, 0) is 96.3 Å². The number of amides is 1. The van der Waals surface area contributed by atoms with E-state index >= 15 is 0 Å².